The zero-order chi connectivity index (χ0) is 9.68. The molecule has 0 radical (unpaired) electrons. The predicted molar refractivity (Wildman–Crippen MR) is 53.1 cm³/mol. The molecule has 0 aliphatic carbocycles. The molecule has 0 atom stereocenters. The fourth-order valence-electron chi connectivity index (χ4n) is 1.58. The highest BCUT2D eigenvalue weighted by atomic mass is 15.2. The average Bonchev–Trinajstić information content (AvgIpc) is 2.30. The molecule has 3 nitrogen and oxygen atoms in total. The van der Waals surface area contributed by atoms with Crippen molar-refractivity contribution in [1.29, 1.82) is 5.26 Å². The molecule has 1 saturated heterocycles. The van der Waals surface area contributed by atoms with E-state index in [2.05, 4.69) is 22.9 Å². The van der Waals surface area contributed by atoms with E-state index in [1.165, 1.54) is 6.42 Å². The predicted octanol–water partition coefficient (Wildman–Crippen LogP) is 1.05. The maximum Gasteiger partial charge on any atom is 0.0930 e. The molecule has 0 aromatic heterocycles. The summed E-state index contributed by atoms with van der Waals surface area (Å²) in [6.45, 7) is 6.39. The standard InChI is InChI=1S/C10H17N3/c1-10(4-5-11)13-7-3-6-12(2)8-9-13/h4H,3,6-9H2,1-2H3. The molecule has 0 aromatic rings. The molecule has 0 amide bonds. The first-order valence-electron chi connectivity index (χ1n) is 4.74. The van der Waals surface area contributed by atoms with E-state index in [4.69, 9.17) is 5.26 Å². The lowest BCUT2D eigenvalue weighted by atomic mass is 10.3. The van der Waals surface area contributed by atoms with Gasteiger partial charge in [-0.15, -0.1) is 0 Å². The van der Waals surface area contributed by atoms with Crippen molar-refractivity contribution in [1.82, 2.24) is 9.80 Å². The Morgan fingerprint density at radius 3 is 2.77 bits per heavy atom. The van der Waals surface area contributed by atoms with Gasteiger partial charge in [-0.25, -0.2) is 0 Å². The van der Waals surface area contributed by atoms with Gasteiger partial charge in [0.25, 0.3) is 0 Å². The van der Waals surface area contributed by atoms with Gasteiger partial charge in [0.15, 0.2) is 0 Å². The normalized spacial score (nSPS) is 21.0. The van der Waals surface area contributed by atoms with Crippen molar-refractivity contribution in [2.45, 2.75) is 13.3 Å². The van der Waals surface area contributed by atoms with Gasteiger partial charge in [-0.3, -0.25) is 0 Å². The lowest BCUT2D eigenvalue weighted by molar-refractivity contribution is 0.326. The van der Waals surface area contributed by atoms with Gasteiger partial charge in [0.1, 0.15) is 0 Å². The van der Waals surface area contributed by atoms with Crippen LogP contribution in [0.1, 0.15) is 13.3 Å². The van der Waals surface area contributed by atoms with Crippen molar-refractivity contribution in [3.05, 3.63) is 11.8 Å². The molecule has 3 heteroatoms. The second kappa shape index (κ2) is 4.88. The van der Waals surface area contributed by atoms with Crippen LogP contribution in [0.15, 0.2) is 11.8 Å². The minimum absolute atomic E-state index is 1.04. The quantitative estimate of drug-likeness (QED) is 0.564. The molecular formula is C10H17N3. The van der Waals surface area contributed by atoms with Gasteiger partial charge in [-0.2, -0.15) is 5.26 Å². The third-order valence-corrected chi connectivity index (χ3v) is 2.49. The van der Waals surface area contributed by atoms with Crippen LogP contribution in [0, 0.1) is 11.3 Å². The van der Waals surface area contributed by atoms with E-state index < -0.39 is 0 Å². The summed E-state index contributed by atoms with van der Waals surface area (Å²) >= 11 is 0. The molecule has 1 aliphatic heterocycles. The minimum Gasteiger partial charge on any atom is -0.373 e. The fourth-order valence-corrected chi connectivity index (χ4v) is 1.58. The van der Waals surface area contributed by atoms with E-state index in [9.17, 15) is 0 Å². The summed E-state index contributed by atoms with van der Waals surface area (Å²) in [7, 11) is 2.15. The van der Waals surface area contributed by atoms with Crippen molar-refractivity contribution in [3.63, 3.8) is 0 Å². The van der Waals surface area contributed by atoms with Crippen LogP contribution in [0.2, 0.25) is 0 Å². The van der Waals surface area contributed by atoms with Gasteiger partial charge < -0.3 is 9.80 Å². The lowest BCUT2D eigenvalue weighted by Gasteiger charge is -2.22. The van der Waals surface area contributed by atoms with Crippen LogP contribution < -0.4 is 0 Å². The Morgan fingerprint density at radius 1 is 1.31 bits per heavy atom. The highest BCUT2D eigenvalue weighted by molar-refractivity contribution is 5.10. The topological polar surface area (TPSA) is 30.3 Å². The van der Waals surface area contributed by atoms with Crippen molar-refractivity contribution in [3.8, 4) is 6.07 Å². The highest BCUT2D eigenvalue weighted by Gasteiger charge is 2.11. The molecule has 0 unspecified atom stereocenters. The molecule has 72 valence electrons. The molecule has 1 fully saturated rings. The molecule has 1 heterocycles. The molecule has 0 N–H and O–H groups in total. The summed E-state index contributed by atoms with van der Waals surface area (Å²) in [5.41, 5.74) is 1.10. The summed E-state index contributed by atoms with van der Waals surface area (Å²) < 4.78 is 0. The van der Waals surface area contributed by atoms with Gasteiger partial charge >= 0.3 is 0 Å². The highest BCUT2D eigenvalue weighted by Crippen LogP contribution is 2.07. The number of rotatable bonds is 1. The van der Waals surface area contributed by atoms with E-state index in [0.29, 0.717) is 0 Å². The number of nitriles is 1. The van der Waals surface area contributed by atoms with Gasteiger partial charge in [0.05, 0.1) is 6.07 Å². The van der Waals surface area contributed by atoms with Crippen molar-refractivity contribution >= 4 is 0 Å². The van der Waals surface area contributed by atoms with Crippen LogP contribution in [-0.2, 0) is 0 Å². The van der Waals surface area contributed by atoms with E-state index in [-0.39, 0.29) is 0 Å². The van der Waals surface area contributed by atoms with Gasteiger partial charge in [-0.1, -0.05) is 0 Å². The monoisotopic (exact) mass is 179 g/mol. The summed E-state index contributed by atoms with van der Waals surface area (Å²) in [6, 6.07) is 2.08. The molecule has 1 rings (SSSR count). The first kappa shape index (κ1) is 10.1. The summed E-state index contributed by atoms with van der Waals surface area (Å²) in [6.07, 6.45) is 2.82. The van der Waals surface area contributed by atoms with E-state index in [0.717, 1.165) is 31.9 Å². The van der Waals surface area contributed by atoms with Crippen molar-refractivity contribution in [2.24, 2.45) is 0 Å². The third-order valence-electron chi connectivity index (χ3n) is 2.49. The number of likely N-dealkylation sites (N-methyl/N-ethyl adjacent to an activating group) is 1. The van der Waals surface area contributed by atoms with Gasteiger partial charge in [0, 0.05) is 31.4 Å². The Bertz CT molecular complexity index is 227. The number of allylic oxidation sites excluding steroid dienone is 2. The smallest absolute Gasteiger partial charge is 0.0930 e. The first-order chi connectivity index (χ1) is 6.24. The van der Waals surface area contributed by atoms with Crippen LogP contribution in [0.5, 0.6) is 0 Å². The first-order valence-corrected chi connectivity index (χ1v) is 4.74. The van der Waals surface area contributed by atoms with E-state index >= 15 is 0 Å². The second-order valence-corrected chi connectivity index (χ2v) is 3.56. The maximum absolute atomic E-state index is 8.53. The summed E-state index contributed by atoms with van der Waals surface area (Å²) in [5.74, 6) is 0. The van der Waals surface area contributed by atoms with Crippen LogP contribution in [0.25, 0.3) is 0 Å². The molecule has 0 aromatic carbocycles. The summed E-state index contributed by atoms with van der Waals surface area (Å²) in [4.78, 5) is 4.62. The number of hydrogen-bond acceptors (Lipinski definition) is 3. The Morgan fingerprint density at radius 2 is 2.08 bits per heavy atom. The molecular weight excluding hydrogens is 162 g/mol. The molecule has 0 spiro atoms. The van der Waals surface area contributed by atoms with Crippen LogP contribution >= 0.6 is 0 Å². The Balaban J connectivity index is 2.52. The maximum atomic E-state index is 8.53. The average molecular weight is 179 g/mol. The molecule has 1 aliphatic rings. The Labute approximate surface area is 80.2 Å². The van der Waals surface area contributed by atoms with E-state index in [1.807, 2.05) is 6.92 Å². The Hall–Kier alpha value is -1.01. The fraction of sp³-hybridized carbons (Fsp3) is 0.700. The van der Waals surface area contributed by atoms with Gasteiger partial charge in [0.2, 0.25) is 0 Å². The SMILES string of the molecule is CC(=CC#N)N1CCCN(C)CC1. The third kappa shape index (κ3) is 3.08. The Kier molecular flexibility index (Phi) is 3.78. The van der Waals surface area contributed by atoms with Gasteiger partial charge in [-0.05, 0) is 26.9 Å². The van der Waals surface area contributed by atoms with Crippen LogP contribution in [0.4, 0.5) is 0 Å². The second-order valence-electron chi connectivity index (χ2n) is 3.56. The largest absolute Gasteiger partial charge is 0.373 e. The van der Waals surface area contributed by atoms with Crippen LogP contribution in [-0.4, -0.2) is 43.0 Å². The van der Waals surface area contributed by atoms with Crippen LogP contribution in [0.3, 0.4) is 0 Å². The minimum atomic E-state index is 1.04. The number of hydrogen-bond donors (Lipinski definition) is 0. The lowest BCUT2D eigenvalue weighted by Crippen LogP contribution is -2.27. The molecule has 0 bridgehead atoms. The molecule has 13 heavy (non-hydrogen) atoms. The zero-order valence-corrected chi connectivity index (χ0v) is 8.45. The van der Waals surface area contributed by atoms with Crippen molar-refractivity contribution in [2.75, 3.05) is 33.2 Å². The summed E-state index contributed by atoms with van der Waals surface area (Å²) in [5, 5.41) is 8.53. The zero-order valence-electron chi connectivity index (χ0n) is 8.45. The van der Waals surface area contributed by atoms with E-state index in [1.54, 1.807) is 6.08 Å². The molecule has 0 saturated carbocycles. The number of nitrogens with zero attached hydrogens (tertiary/aromatic N) is 3. The van der Waals surface area contributed by atoms with Crippen molar-refractivity contribution < 1.29 is 0 Å².